The lowest BCUT2D eigenvalue weighted by atomic mass is 9.92. The van der Waals surface area contributed by atoms with Gasteiger partial charge in [0.15, 0.2) is 0 Å². The lowest BCUT2D eigenvalue weighted by molar-refractivity contribution is 0.0641. The first-order valence-corrected chi connectivity index (χ1v) is 9.89. The van der Waals surface area contributed by atoms with Gasteiger partial charge in [0.1, 0.15) is 0 Å². The Kier molecular flexibility index (Phi) is 6.55. The van der Waals surface area contributed by atoms with Gasteiger partial charge in [0.2, 0.25) is 0 Å². The van der Waals surface area contributed by atoms with E-state index < -0.39 is 0 Å². The van der Waals surface area contributed by atoms with E-state index in [2.05, 4.69) is 56.2 Å². The SMILES string of the molecule is CC(C)(C)N1CCCN(CC2CCN(C(C)(C)C)CC2)CCC1. The summed E-state index contributed by atoms with van der Waals surface area (Å²) in [5.41, 5.74) is 0.684. The first-order valence-electron chi connectivity index (χ1n) is 9.89. The van der Waals surface area contributed by atoms with Gasteiger partial charge in [0.05, 0.1) is 0 Å². The van der Waals surface area contributed by atoms with Gasteiger partial charge in [-0.25, -0.2) is 0 Å². The second-order valence-electron chi connectivity index (χ2n) is 9.77. The molecule has 0 N–H and O–H groups in total. The van der Waals surface area contributed by atoms with Crippen molar-refractivity contribution in [2.45, 2.75) is 78.3 Å². The van der Waals surface area contributed by atoms with E-state index in [1.165, 1.54) is 71.5 Å². The van der Waals surface area contributed by atoms with Gasteiger partial charge >= 0.3 is 0 Å². The Bertz CT molecular complexity index is 335. The van der Waals surface area contributed by atoms with Crippen molar-refractivity contribution in [3.63, 3.8) is 0 Å². The molecule has 0 aromatic carbocycles. The highest BCUT2D eigenvalue weighted by Crippen LogP contribution is 2.25. The second kappa shape index (κ2) is 7.84. The second-order valence-corrected chi connectivity index (χ2v) is 9.77. The average molecular weight is 324 g/mol. The molecule has 2 aliphatic rings. The summed E-state index contributed by atoms with van der Waals surface area (Å²) < 4.78 is 0. The normalized spacial score (nSPS) is 25.3. The minimum Gasteiger partial charge on any atom is -0.303 e. The number of likely N-dealkylation sites (tertiary alicyclic amines) is 1. The molecule has 3 heteroatoms. The Morgan fingerprint density at radius 3 is 1.52 bits per heavy atom. The Morgan fingerprint density at radius 2 is 1.09 bits per heavy atom. The maximum absolute atomic E-state index is 2.76. The molecule has 0 atom stereocenters. The van der Waals surface area contributed by atoms with Crippen LogP contribution < -0.4 is 0 Å². The van der Waals surface area contributed by atoms with Crippen LogP contribution in [0, 0.1) is 5.92 Å². The first-order chi connectivity index (χ1) is 10.7. The van der Waals surface area contributed by atoms with Gasteiger partial charge in [0.25, 0.3) is 0 Å². The molecule has 2 saturated heterocycles. The van der Waals surface area contributed by atoms with Crippen molar-refractivity contribution < 1.29 is 0 Å². The fraction of sp³-hybridized carbons (Fsp3) is 1.00. The van der Waals surface area contributed by atoms with Gasteiger partial charge in [-0.3, -0.25) is 9.80 Å². The Morgan fingerprint density at radius 1 is 0.652 bits per heavy atom. The standard InChI is InChI=1S/C20H41N3/c1-19(2,3)22-13-7-11-21(12-8-14-22)17-18-9-15-23(16-10-18)20(4,5)6/h18H,7-17H2,1-6H3. The van der Waals surface area contributed by atoms with Crippen molar-refractivity contribution in [2.75, 3.05) is 45.8 Å². The van der Waals surface area contributed by atoms with Crippen molar-refractivity contribution >= 4 is 0 Å². The van der Waals surface area contributed by atoms with Crippen molar-refractivity contribution in [1.82, 2.24) is 14.7 Å². The number of nitrogens with zero attached hydrogens (tertiary/aromatic N) is 3. The van der Waals surface area contributed by atoms with E-state index in [1.54, 1.807) is 0 Å². The van der Waals surface area contributed by atoms with E-state index in [0.29, 0.717) is 11.1 Å². The molecule has 0 aromatic rings. The third-order valence-electron chi connectivity index (χ3n) is 5.83. The number of piperidine rings is 1. The molecule has 0 aliphatic carbocycles. The summed E-state index contributed by atoms with van der Waals surface area (Å²) >= 11 is 0. The Balaban J connectivity index is 1.73. The lowest BCUT2D eigenvalue weighted by Gasteiger charge is -2.42. The smallest absolute Gasteiger partial charge is 0.0125 e. The molecule has 23 heavy (non-hydrogen) atoms. The molecule has 0 radical (unpaired) electrons. The predicted octanol–water partition coefficient (Wildman–Crippen LogP) is 3.69. The molecular formula is C20H41N3. The summed E-state index contributed by atoms with van der Waals surface area (Å²) in [6, 6.07) is 0. The minimum absolute atomic E-state index is 0.335. The van der Waals surface area contributed by atoms with Crippen LogP contribution in [0.15, 0.2) is 0 Å². The van der Waals surface area contributed by atoms with Crippen LogP contribution in [0.25, 0.3) is 0 Å². The summed E-state index contributed by atoms with van der Waals surface area (Å²) in [5, 5.41) is 0. The summed E-state index contributed by atoms with van der Waals surface area (Å²) in [6.07, 6.45) is 5.44. The van der Waals surface area contributed by atoms with Gasteiger partial charge in [-0.15, -0.1) is 0 Å². The van der Waals surface area contributed by atoms with Gasteiger partial charge in [-0.2, -0.15) is 0 Å². The first kappa shape index (κ1) is 19.2. The molecule has 2 fully saturated rings. The topological polar surface area (TPSA) is 9.72 Å². The fourth-order valence-electron chi connectivity index (χ4n) is 4.20. The molecule has 2 aliphatic heterocycles. The highest BCUT2D eigenvalue weighted by atomic mass is 15.2. The zero-order valence-electron chi connectivity index (χ0n) is 16.7. The van der Waals surface area contributed by atoms with Crippen LogP contribution in [0.1, 0.15) is 67.2 Å². The monoisotopic (exact) mass is 323 g/mol. The maximum atomic E-state index is 2.76. The van der Waals surface area contributed by atoms with Crippen LogP contribution in [0.2, 0.25) is 0 Å². The lowest BCUT2D eigenvalue weighted by Crippen LogP contribution is -2.49. The molecule has 0 spiro atoms. The van der Waals surface area contributed by atoms with Gasteiger partial charge < -0.3 is 4.90 Å². The maximum Gasteiger partial charge on any atom is 0.0125 e. The third kappa shape index (κ3) is 6.03. The van der Waals surface area contributed by atoms with Crippen LogP contribution in [-0.4, -0.2) is 71.6 Å². The van der Waals surface area contributed by atoms with E-state index in [9.17, 15) is 0 Å². The quantitative estimate of drug-likeness (QED) is 0.767. The van der Waals surface area contributed by atoms with Crippen molar-refractivity contribution in [3.8, 4) is 0 Å². The molecule has 136 valence electrons. The molecule has 2 rings (SSSR count). The van der Waals surface area contributed by atoms with Gasteiger partial charge in [-0.05, 0) is 112 Å². The zero-order valence-corrected chi connectivity index (χ0v) is 16.7. The summed E-state index contributed by atoms with van der Waals surface area (Å²) in [5.74, 6) is 0.923. The number of rotatable bonds is 2. The van der Waals surface area contributed by atoms with E-state index in [1.807, 2.05) is 0 Å². The van der Waals surface area contributed by atoms with Gasteiger partial charge in [0, 0.05) is 17.6 Å². The van der Waals surface area contributed by atoms with E-state index in [4.69, 9.17) is 0 Å². The minimum atomic E-state index is 0.335. The van der Waals surface area contributed by atoms with E-state index in [0.717, 1.165) is 5.92 Å². The summed E-state index contributed by atoms with van der Waals surface area (Å²) in [6.45, 7) is 23.2. The van der Waals surface area contributed by atoms with Crippen LogP contribution in [0.3, 0.4) is 0 Å². The Labute approximate surface area is 145 Å². The van der Waals surface area contributed by atoms with E-state index in [-0.39, 0.29) is 0 Å². The average Bonchev–Trinajstić information content (AvgIpc) is 2.39. The number of hydrogen-bond acceptors (Lipinski definition) is 3. The fourth-order valence-corrected chi connectivity index (χ4v) is 4.20. The van der Waals surface area contributed by atoms with Crippen LogP contribution >= 0.6 is 0 Å². The zero-order chi connectivity index (χ0) is 17.1. The van der Waals surface area contributed by atoms with Crippen molar-refractivity contribution in [1.29, 1.82) is 0 Å². The number of hydrogen-bond donors (Lipinski definition) is 0. The molecule has 3 nitrogen and oxygen atoms in total. The van der Waals surface area contributed by atoms with Crippen LogP contribution in [0.5, 0.6) is 0 Å². The van der Waals surface area contributed by atoms with Gasteiger partial charge in [-0.1, -0.05) is 0 Å². The van der Waals surface area contributed by atoms with Crippen LogP contribution in [0.4, 0.5) is 0 Å². The van der Waals surface area contributed by atoms with E-state index >= 15 is 0 Å². The highest BCUT2D eigenvalue weighted by molar-refractivity contribution is 4.84. The third-order valence-corrected chi connectivity index (χ3v) is 5.83. The predicted molar refractivity (Wildman–Crippen MR) is 101 cm³/mol. The summed E-state index contributed by atoms with van der Waals surface area (Å²) in [7, 11) is 0. The van der Waals surface area contributed by atoms with Crippen molar-refractivity contribution in [2.24, 2.45) is 5.92 Å². The molecule has 0 saturated carbocycles. The van der Waals surface area contributed by atoms with Crippen LogP contribution in [-0.2, 0) is 0 Å². The Hall–Kier alpha value is -0.120. The molecule has 0 bridgehead atoms. The molecule has 0 unspecified atom stereocenters. The summed E-state index contributed by atoms with van der Waals surface area (Å²) in [4.78, 5) is 8.10. The molecular weight excluding hydrogens is 282 g/mol. The molecule has 0 amide bonds. The van der Waals surface area contributed by atoms with Crippen molar-refractivity contribution in [3.05, 3.63) is 0 Å². The molecule has 2 heterocycles. The highest BCUT2D eigenvalue weighted by Gasteiger charge is 2.28. The largest absolute Gasteiger partial charge is 0.303 e. The molecule has 0 aromatic heterocycles.